The van der Waals surface area contributed by atoms with Gasteiger partial charge < -0.3 is 15.5 Å². The van der Waals surface area contributed by atoms with Crippen LogP contribution < -0.4 is 10.6 Å². The topological polar surface area (TPSA) is 44.4 Å². The molecule has 0 aromatic rings. The highest BCUT2D eigenvalue weighted by atomic mass is 32.1. The Morgan fingerprint density at radius 2 is 2.00 bits per heavy atom. The number of carbonyl (C=O) groups is 1. The fraction of sp³-hybridized carbons (Fsp3) is 0.800. The van der Waals surface area contributed by atoms with Crippen LogP contribution in [0.25, 0.3) is 0 Å². The molecule has 1 aliphatic rings. The van der Waals surface area contributed by atoms with Gasteiger partial charge in [0.05, 0.1) is 0 Å². The average molecular weight is 229 g/mol. The lowest BCUT2D eigenvalue weighted by molar-refractivity contribution is -0.129. The van der Waals surface area contributed by atoms with Gasteiger partial charge in [0.25, 0.3) is 0 Å². The monoisotopic (exact) mass is 229 g/mol. The molecule has 86 valence electrons. The summed E-state index contributed by atoms with van der Waals surface area (Å²) in [6.07, 6.45) is 2.83. The lowest BCUT2D eigenvalue weighted by Crippen LogP contribution is -2.38. The normalized spacial score (nSPS) is 15.1. The van der Waals surface area contributed by atoms with Crippen molar-refractivity contribution in [2.75, 3.05) is 26.2 Å². The summed E-state index contributed by atoms with van der Waals surface area (Å²) in [6, 6.07) is 0. The highest BCUT2D eigenvalue weighted by Gasteiger charge is 2.16. The highest BCUT2D eigenvalue weighted by Crippen LogP contribution is 2.08. The molecule has 0 unspecified atom stereocenters. The molecular formula is C10H19N3OS. The number of nitrogens with zero attached hydrogens (tertiary/aromatic N) is 1. The SMILES string of the molecule is CCNC(=S)NCCC(=O)N1CCCC1. The van der Waals surface area contributed by atoms with Crippen molar-refractivity contribution in [3.63, 3.8) is 0 Å². The third kappa shape index (κ3) is 4.46. The number of carbonyl (C=O) groups excluding carboxylic acids is 1. The van der Waals surface area contributed by atoms with Crippen LogP contribution in [0.5, 0.6) is 0 Å². The Hall–Kier alpha value is -0.840. The van der Waals surface area contributed by atoms with E-state index in [0.29, 0.717) is 18.1 Å². The van der Waals surface area contributed by atoms with E-state index in [-0.39, 0.29) is 5.91 Å². The van der Waals surface area contributed by atoms with Crippen LogP contribution in [-0.2, 0) is 4.79 Å². The Kier molecular flexibility index (Phi) is 5.39. The first-order chi connectivity index (χ1) is 7.24. The van der Waals surface area contributed by atoms with E-state index in [1.54, 1.807) is 0 Å². The van der Waals surface area contributed by atoms with Gasteiger partial charge in [-0.05, 0) is 32.0 Å². The van der Waals surface area contributed by atoms with E-state index in [9.17, 15) is 4.79 Å². The van der Waals surface area contributed by atoms with Gasteiger partial charge in [0, 0.05) is 32.6 Å². The second kappa shape index (κ2) is 6.61. The van der Waals surface area contributed by atoms with Gasteiger partial charge in [-0.1, -0.05) is 0 Å². The Balaban J connectivity index is 2.08. The van der Waals surface area contributed by atoms with E-state index >= 15 is 0 Å². The first-order valence-corrected chi connectivity index (χ1v) is 5.94. The van der Waals surface area contributed by atoms with Crippen LogP contribution in [-0.4, -0.2) is 42.1 Å². The molecule has 15 heavy (non-hydrogen) atoms. The van der Waals surface area contributed by atoms with Crippen molar-refractivity contribution in [2.45, 2.75) is 26.2 Å². The number of likely N-dealkylation sites (tertiary alicyclic amines) is 1. The van der Waals surface area contributed by atoms with Crippen LogP contribution in [0.15, 0.2) is 0 Å². The van der Waals surface area contributed by atoms with Crippen molar-refractivity contribution in [3.05, 3.63) is 0 Å². The Bertz CT molecular complexity index is 227. The van der Waals surface area contributed by atoms with Crippen LogP contribution in [0, 0.1) is 0 Å². The van der Waals surface area contributed by atoms with Crippen molar-refractivity contribution in [2.24, 2.45) is 0 Å². The van der Waals surface area contributed by atoms with Crippen molar-refractivity contribution in [1.29, 1.82) is 0 Å². The number of amides is 1. The molecule has 2 N–H and O–H groups in total. The molecule has 0 atom stereocenters. The molecule has 0 spiro atoms. The molecule has 4 nitrogen and oxygen atoms in total. The number of hydrogen-bond acceptors (Lipinski definition) is 2. The van der Waals surface area contributed by atoms with Gasteiger partial charge in [-0.25, -0.2) is 0 Å². The van der Waals surface area contributed by atoms with E-state index in [0.717, 1.165) is 32.5 Å². The van der Waals surface area contributed by atoms with E-state index < -0.39 is 0 Å². The molecule has 1 amide bonds. The van der Waals surface area contributed by atoms with E-state index in [1.165, 1.54) is 0 Å². The molecule has 5 heteroatoms. The van der Waals surface area contributed by atoms with E-state index in [2.05, 4.69) is 10.6 Å². The van der Waals surface area contributed by atoms with Gasteiger partial charge in [-0.3, -0.25) is 4.79 Å². The molecule has 0 saturated carbocycles. The number of rotatable bonds is 4. The zero-order chi connectivity index (χ0) is 11.1. The smallest absolute Gasteiger partial charge is 0.224 e. The van der Waals surface area contributed by atoms with E-state index in [1.807, 2.05) is 11.8 Å². The Morgan fingerprint density at radius 1 is 1.33 bits per heavy atom. The second-order valence-corrected chi connectivity index (χ2v) is 4.03. The summed E-state index contributed by atoms with van der Waals surface area (Å²) in [4.78, 5) is 13.5. The number of nitrogens with one attached hydrogen (secondary N) is 2. The lowest BCUT2D eigenvalue weighted by Gasteiger charge is -2.15. The molecule has 1 aliphatic heterocycles. The van der Waals surface area contributed by atoms with Crippen LogP contribution in [0.1, 0.15) is 26.2 Å². The fourth-order valence-electron chi connectivity index (χ4n) is 1.63. The van der Waals surface area contributed by atoms with Gasteiger partial charge in [-0.15, -0.1) is 0 Å². The van der Waals surface area contributed by atoms with Crippen LogP contribution >= 0.6 is 12.2 Å². The summed E-state index contributed by atoms with van der Waals surface area (Å²) >= 11 is 4.99. The molecule has 1 rings (SSSR count). The minimum Gasteiger partial charge on any atom is -0.363 e. The summed E-state index contributed by atoms with van der Waals surface area (Å²) in [5.74, 6) is 0.235. The van der Waals surface area contributed by atoms with Crippen LogP contribution in [0.3, 0.4) is 0 Å². The summed E-state index contributed by atoms with van der Waals surface area (Å²) in [6.45, 7) is 5.28. The molecular weight excluding hydrogens is 210 g/mol. The van der Waals surface area contributed by atoms with Gasteiger partial charge in [-0.2, -0.15) is 0 Å². The summed E-state index contributed by atoms with van der Waals surface area (Å²) in [7, 11) is 0. The molecule has 0 aromatic carbocycles. The minimum atomic E-state index is 0.235. The number of thiocarbonyl (C=S) groups is 1. The minimum absolute atomic E-state index is 0.235. The van der Waals surface area contributed by atoms with Crippen molar-refractivity contribution in [3.8, 4) is 0 Å². The third-order valence-electron chi connectivity index (χ3n) is 2.42. The first kappa shape index (κ1) is 12.2. The lowest BCUT2D eigenvalue weighted by atomic mass is 10.3. The zero-order valence-corrected chi connectivity index (χ0v) is 10.0. The van der Waals surface area contributed by atoms with Crippen molar-refractivity contribution in [1.82, 2.24) is 15.5 Å². The van der Waals surface area contributed by atoms with Crippen LogP contribution in [0.2, 0.25) is 0 Å². The molecule has 1 fully saturated rings. The maximum atomic E-state index is 11.6. The maximum Gasteiger partial charge on any atom is 0.224 e. The van der Waals surface area contributed by atoms with Crippen LogP contribution in [0.4, 0.5) is 0 Å². The van der Waals surface area contributed by atoms with Crippen molar-refractivity contribution >= 4 is 23.2 Å². The average Bonchev–Trinajstić information content (AvgIpc) is 2.70. The molecule has 1 heterocycles. The van der Waals surface area contributed by atoms with Gasteiger partial charge >= 0.3 is 0 Å². The zero-order valence-electron chi connectivity index (χ0n) is 9.21. The fourth-order valence-corrected chi connectivity index (χ4v) is 1.88. The predicted octanol–water partition coefficient (Wildman–Crippen LogP) is 0.483. The van der Waals surface area contributed by atoms with E-state index in [4.69, 9.17) is 12.2 Å². The highest BCUT2D eigenvalue weighted by molar-refractivity contribution is 7.80. The largest absolute Gasteiger partial charge is 0.363 e. The quantitative estimate of drug-likeness (QED) is 0.688. The molecule has 0 aliphatic carbocycles. The van der Waals surface area contributed by atoms with Gasteiger partial charge in [0.2, 0.25) is 5.91 Å². The molecule has 0 aromatic heterocycles. The van der Waals surface area contributed by atoms with Gasteiger partial charge in [0.15, 0.2) is 5.11 Å². The summed E-state index contributed by atoms with van der Waals surface area (Å²) in [5.41, 5.74) is 0. The van der Waals surface area contributed by atoms with Gasteiger partial charge in [0.1, 0.15) is 0 Å². The second-order valence-electron chi connectivity index (χ2n) is 3.62. The molecule has 0 bridgehead atoms. The predicted molar refractivity (Wildman–Crippen MR) is 64.7 cm³/mol. The standard InChI is InChI=1S/C10H19N3OS/c1-2-11-10(15)12-6-5-9(14)13-7-3-4-8-13/h2-8H2,1H3,(H2,11,12,15). The Labute approximate surface area is 96.4 Å². The third-order valence-corrected chi connectivity index (χ3v) is 2.71. The Morgan fingerprint density at radius 3 is 2.60 bits per heavy atom. The molecule has 0 radical (unpaired) electrons. The van der Waals surface area contributed by atoms with Crippen molar-refractivity contribution < 1.29 is 4.79 Å². The first-order valence-electron chi connectivity index (χ1n) is 5.53. The number of hydrogen-bond donors (Lipinski definition) is 2. The maximum absolute atomic E-state index is 11.6. The summed E-state index contributed by atoms with van der Waals surface area (Å²) in [5, 5.41) is 6.63. The summed E-state index contributed by atoms with van der Waals surface area (Å²) < 4.78 is 0. The molecule has 1 saturated heterocycles.